The maximum Gasteiger partial charge on any atom is 0.407 e. The molecule has 0 radical (unpaired) electrons. The van der Waals surface area contributed by atoms with Gasteiger partial charge in [-0.2, -0.15) is 0 Å². The van der Waals surface area contributed by atoms with Gasteiger partial charge in [0.25, 0.3) is 0 Å². The van der Waals surface area contributed by atoms with E-state index >= 15 is 0 Å². The SMILES string of the molecule is Cc1ccc(C(c2ccc(C)cc2)[C@H]2C[C@@H](OC(=O)NC3CCCCC3)CN2)cc1. The first kappa shape index (κ1) is 20.9. The van der Waals surface area contributed by atoms with Crippen molar-refractivity contribution in [2.75, 3.05) is 6.54 Å². The Hall–Kier alpha value is -2.33. The lowest BCUT2D eigenvalue weighted by atomic mass is 9.83. The zero-order valence-corrected chi connectivity index (χ0v) is 18.2. The van der Waals surface area contributed by atoms with Crippen LogP contribution in [0.25, 0.3) is 0 Å². The average Bonchev–Trinajstić information content (AvgIpc) is 3.19. The molecule has 2 N–H and O–H groups in total. The number of carbonyl (C=O) groups is 1. The third-order valence-electron chi connectivity index (χ3n) is 6.60. The van der Waals surface area contributed by atoms with Crippen LogP contribution in [-0.2, 0) is 4.74 Å². The Labute approximate surface area is 180 Å². The molecular weight excluding hydrogens is 372 g/mol. The first-order chi connectivity index (χ1) is 14.6. The zero-order valence-electron chi connectivity index (χ0n) is 18.2. The number of hydrogen-bond acceptors (Lipinski definition) is 3. The predicted molar refractivity (Wildman–Crippen MR) is 121 cm³/mol. The lowest BCUT2D eigenvalue weighted by molar-refractivity contribution is 0.101. The summed E-state index contributed by atoms with van der Waals surface area (Å²) in [7, 11) is 0. The van der Waals surface area contributed by atoms with Crippen LogP contribution >= 0.6 is 0 Å². The van der Waals surface area contributed by atoms with Crippen molar-refractivity contribution in [3.8, 4) is 0 Å². The van der Waals surface area contributed by atoms with Gasteiger partial charge in [0.2, 0.25) is 0 Å². The topological polar surface area (TPSA) is 50.4 Å². The molecule has 2 aromatic carbocycles. The highest BCUT2D eigenvalue weighted by Gasteiger charge is 2.34. The number of benzene rings is 2. The van der Waals surface area contributed by atoms with Crippen LogP contribution in [0.15, 0.2) is 48.5 Å². The molecule has 160 valence electrons. The van der Waals surface area contributed by atoms with Gasteiger partial charge in [0.15, 0.2) is 0 Å². The molecule has 0 unspecified atom stereocenters. The molecule has 0 bridgehead atoms. The average molecular weight is 407 g/mol. The van der Waals surface area contributed by atoms with Gasteiger partial charge in [0.1, 0.15) is 6.10 Å². The fourth-order valence-electron chi connectivity index (χ4n) is 4.88. The lowest BCUT2D eigenvalue weighted by Crippen LogP contribution is -2.38. The molecule has 4 rings (SSSR count). The Kier molecular flexibility index (Phi) is 6.73. The van der Waals surface area contributed by atoms with Gasteiger partial charge in [-0.1, -0.05) is 78.9 Å². The molecule has 2 fully saturated rings. The summed E-state index contributed by atoms with van der Waals surface area (Å²) in [5.41, 5.74) is 5.13. The maximum absolute atomic E-state index is 12.4. The van der Waals surface area contributed by atoms with E-state index in [4.69, 9.17) is 4.74 Å². The monoisotopic (exact) mass is 406 g/mol. The molecule has 1 amide bonds. The van der Waals surface area contributed by atoms with Gasteiger partial charge in [-0.05, 0) is 37.8 Å². The lowest BCUT2D eigenvalue weighted by Gasteiger charge is -2.26. The summed E-state index contributed by atoms with van der Waals surface area (Å²) in [6.07, 6.45) is 6.31. The smallest absolute Gasteiger partial charge is 0.407 e. The van der Waals surface area contributed by atoms with Crippen LogP contribution in [0.5, 0.6) is 0 Å². The van der Waals surface area contributed by atoms with Crippen LogP contribution in [0.4, 0.5) is 4.79 Å². The van der Waals surface area contributed by atoms with Crippen molar-refractivity contribution < 1.29 is 9.53 Å². The zero-order chi connectivity index (χ0) is 20.9. The van der Waals surface area contributed by atoms with Crippen molar-refractivity contribution in [2.24, 2.45) is 0 Å². The number of nitrogens with one attached hydrogen (secondary N) is 2. The molecule has 2 aromatic rings. The van der Waals surface area contributed by atoms with E-state index in [1.807, 2.05) is 0 Å². The minimum absolute atomic E-state index is 0.0861. The first-order valence-corrected chi connectivity index (χ1v) is 11.4. The number of alkyl carbamates (subject to hydrolysis) is 1. The van der Waals surface area contributed by atoms with Crippen molar-refractivity contribution >= 4 is 6.09 Å². The second-order valence-corrected chi connectivity index (χ2v) is 9.06. The Bertz CT molecular complexity index is 780. The molecule has 4 nitrogen and oxygen atoms in total. The summed E-state index contributed by atoms with van der Waals surface area (Å²) in [6.45, 7) is 4.94. The van der Waals surface area contributed by atoms with E-state index in [9.17, 15) is 4.79 Å². The van der Waals surface area contributed by atoms with Crippen molar-refractivity contribution in [3.05, 3.63) is 70.8 Å². The molecular formula is C26H34N2O2. The second-order valence-electron chi connectivity index (χ2n) is 9.06. The van der Waals surface area contributed by atoms with Crippen LogP contribution in [0.3, 0.4) is 0 Å². The Balaban J connectivity index is 1.43. The van der Waals surface area contributed by atoms with Gasteiger partial charge >= 0.3 is 6.09 Å². The fourth-order valence-corrected chi connectivity index (χ4v) is 4.88. The third kappa shape index (κ3) is 5.23. The van der Waals surface area contributed by atoms with Gasteiger partial charge < -0.3 is 15.4 Å². The highest BCUT2D eigenvalue weighted by Crippen LogP contribution is 2.33. The van der Waals surface area contributed by atoms with E-state index in [-0.39, 0.29) is 30.2 Å². The molecule has 1 aliphatic heterocycles. The molecule has 1 heterocycles. The number of rotatable bonds is 5. The summed E-state index contributed by atoms with van der Waals surface area (Å²) in [5.74, 6) is 0.237. The van der Waals surface area contributed by atoms with Crippen LogP contribution in [0, 0.1) is 13.8 Å². The van der Waals surface area contributed by atoms with E-state index in [1.54, 1.807) is 0 Å². The minimum Gasteiger partial charge on any atom is -0.445 e. The number of amides is 1. The summed E-state index contributed by atoms with van der Waals surface area (Å²) < 4.78 is 5.79. The number of ether oxygens (including phenoxy) is 1. The Morgan fingerprint density at radius 3 is 2.07 bits per heavy atom. The summed E-state index contributed by atoms with van der Waals surface area (Å²) in [5, 5.41) is 6.71. The summed E-state index contributed by atoms with van der Waals surface area (Å²) in [4.78, 5) is 12.4. The van der Waals surface area contributed by atoms with Crippen LogP contribution in [0.2, 0.25) is 0 Å². The van der Waals surface area contributed by atoms with Crippen molar-refractivity contribution in [1.82, 2.24) is 10.6 Å². The van der Waals surface area contributed by atoms with Crippen molar-refractivity contribution in [1.29, 1.82) is 0 Å². The van der Waals surface area contributed by atoms with Crippen molar-refractivity contribution in [2.45, 2.75) is 76.5 Å². The predicted octanol–water partition coefficient (Wildman–Crippen LogP) is 5.22. The number of hydrogen-bond donors (Lipinski definition) is 2. The van der Waals surface area contributed by atoms with Crippen LogP contribution in [-0.4, -0.2) is 30.8 Å². The second kappa shape index (κ2) is 9.65. The van der Waals surface area contributed by atoms with E-state index < -0.39 is 0 Å². The molecule has 1 aliphatic carbocycles. The van der Waals surface area contributed by atoms with Gasteiger partial charge in [0.05, 0.1) is 0 Å². The van der Waals surface area contributed by atoms with Crippen LogP contribution in [0.1, 0.15) is 66.7 Å². The van der Waals surface area contributed by atoms with Gasteiger partial charge in [-0.25, -0.2) is 4.79 Å². The highest BCUT2D eigenvalue weighted by molar-refractivity contribution is 5.67. The summed E-state index contributed by atoms with van der Waals surface area (Å²) >= 11 is 0. The number of aryl methyl sites for hydroxylation is 2. The molecule has 1 saturated heterocycles. The largest absolute Gasteiger partial charge is 0.445 e. The van der Waals surface area contributed by atoms with Crippen LogP contribution < -0.4 is 10.6 Å². The van der Waals surface area contributed by atoms with E-state index in [1.165, 1.54) is 41.5 Å². The Morgan fingerprint density at radius 2 is 1.50 bits per heavy atom. The number of carbonyl (C=O) groups excluding carboxylic acids is 1. The highest BCUT2D eigenvalue weighted by atomic mass is 16.6. The third-order valence-corrected chi connectivity index (χ3v) is 6.60. The fraction of sp³-hybridized carbons (Fsp3) is 0.500. The minimum atomic E-state index is -0.253. The first-order valence-electron chi connectivity index (χ1n) is 11.4. The molecule has 2 atom stereocenters. The standard InChI is InChI=1S/C26H34N2O2/c1-18-8-12-20(13-9-18)25(21-14-10-19(2)11-15-21)24-16-23(17-27-24)30-26(29)28-22-6-4-3-5-7-22/h8-15,22-25,27H,3-7,16-17H2,1-2H3,(H,28,29)/t23-,24-/m1/s1. The quantitative estimate of drug-likeness (QED) is 0.715. The van der Waals surface area contributed by atoms with E-state index in [0.29, 0.717) is 6.54 Å². The maximum atomic E-state index is 12.4. The van der Waals surface area contributed by atoms with Gasteiger partial charge in [-0.15, -0.1) is 0 Å². The van der Waals surface area contributed by atoms with E-state index in [0.717, 1.165) is 19.3 Å². The van der Waals surface area contributed by atoms with Gasteiger partial charge in [0, 0.05) is 31.0 Å². The Morgan fingerprint density at radius 1 is 0.933 bits per heavy atom. The molecule has 1 saturated carbocycles. The molecule has 30 heavy (non-hydrogen) atoms. The van der Waals surface area contributed by atoms with Gasteiger partial charge in [-0.3, -0.25) is 0 Å². The molecule has 4 heteroatoms. The van der Waals surface area contributed by atoms with Crippen molar-refractivity contribution in [3.63, 3.8) is 0 Å². The summed E-state index contributed by atoms with van der Waals surface area (Å²) in [6, 6.07) is 18.1. The normalized spacial score (nSPS) is 22.2. The molecule has 0 spiro atoms. The molecule has 0 aromatic heterocycles. The molecule has 2 aliphatic rings. The van der Waals surface area contributed by atoms with E-state index in [2.05, 4.69) is 73.0 Å².